The third-order valence-corrected chi connectivity index (χ3v) is 6.09. The van der Waals surface area contributed by atoms with Gasteiger partial charge in [0, 0.05) is 23.1 Å². The fraction of sp³-hybridized carbons (Fsp3) is 0.391. The maximum absolute atomic E-state index is 13.3. The number of hydrogen-bond donors (Lipinski definition) is 1. The van der Waals surface area contributed by atoms with E-state index >= 15 is 0 Å². The number of carbonyl (C=O) groups excluding carboxylic acids is 2. The van der Waals surface area contributed by atoms with Crippen LogP contribution in [0, 0.1) is 5.92 Å². The van der Waals surface area contributed by atoms with Crippen LogP contribution < -0.4 is 5.32 Å². The molecule has 1 N–H and O–H groups in total. The van der Waals surface area contributed by atoms with Gasteiger partial charge in [-0.25, -0.2) is 0 Å². The molecule has 0 saturated carbocycles. The van der Waals surface area contributed by atoms with Crippen LogP contribution in [0.25, 0.3) is 0 Å². The highest BCUT2D eigenvalue weighted by Gasteiger charge is 2.29. The molecule has 0 spiro atoms. The van der Waals surface area contributed by atoms with Crippen molar-refractivity contribution in [1.29, 1.82) is 0 Å². The fourth-order valence-electron chi connectivity index (χ4n) is 3.11. The van der Waals surface area contributed by atoms with Gasteiger partial charge in [-0.15, -0.1) is 0 Å². The van der Waals surface area contributed by atoms with E-state index < -0.39 is 6.04 Å². The number of benzene rings is 2. The van der Waals surface area contributed by atoms with E-state index in [1.54, 1.807) is 41.3 Å². The average molecular weight is 504 g/mol. The summed E-state index contributed by atoms with van der Waals surface area (Å²) in [5.41, 5.74) is 1.42. The molecule has 0 aromatic heterocycles. The lowest BCUT2D eigenvalue weighted by molar-refractivity contribution is -0.141. The maximum atomic E-state index is 13.3. The smallest absolute Gasteiger partial charge is 0.242 e. The summed E-state index contributed by atoms with van der Waals surface area (Å²) in [5, 5.41) is 4.66. The normalized spacial score (nSPS) is 12.0. The molecule has 0 aliphatic carbocycles. The minimum absolute atomic E-state index is 0.0469. The van der Waals surface area contributed by atoms with E-state index in [9.17, 15) is 9.59 Å². The summed E-state index contributed by atoms with van der Waals surface area (Å²) in [4.78, 5) is 27.8. The van der Waals surface area contributed by atoms with Gasteiger partial charge in [-0.2, -0.15) is 0 Å². The van der Waals surface area contributed by atoms with Crippen molar-refractivity contribution in [3.05, 3.63) is 67.6 Å². The highest BCUT2D eigenvalue weighted by atomic mass is 35.5. The van der Waals surface area contributed by atoms with Gasteiger partial charge in [0.1, 0.15) is 6.04 Å². The van der Waals surface area contributed by atoms with Gasteiger partial charge in [-0.3, -0.25) is 9.59 Å². The lowest BCUT2D eigenvalue weighted by atomic mass is 10.1. The third kappa shape index (κ3) is 7.57. The van der Waals surface area contributed by atoms with Gasteiger partial charge in [0.25, 0.3) is 0 Å². The molecule has 0 heterocycles. The van der Waals surface area contributed by atoms with Crippen molar-refractivity contribution in [3.63, 3.8) is 0 Å². The van der Waals surface area contributed by atoms with Gasteiger partial charge in [-0.05, 0) is 47.7 Å². The minimum atomic E-state index is -0.633. The van der Waals surface area contributed by atoms with E-state index in [-0.39, 0.29) is 24.8 Å². The van der Waals surface area contributed by atoms with Crippen LogP contribution in [0.2, 0.25) is 20.1 Å². The van der Waals surface area contributed by atoms with Crippen LogP contribution in [0.15, 0.2) is 36.4 Å². The Labute approximate surface area is 203 Å². The summed E-state index contributed by atoms with van der Waals surface area (Å²) in [5.74, 6) is -0.109. The molecule has 0 bridgehead atoms. The molecule has 2 aromatic rings. The Bertz CT molecular complexity index is 934. The monoisotopic (exact) mass is 502 g/mol. The Balaban J connectivity index is 2.33. The zero-order valence-corrected chi connectivity index (χ0v) is 20.7. The molecule has 168 valence electrons. The van der Waals surface area contributed by atoms with Crippen LogP contribution in [0.5, 0.6) is 0 Å². The first-order valence-corrected chi connectivity index (χ1v) is 11.6. The molecular weight excluding hydrogens is 478 g/mol. The van der Waals surface area contributed by atoms with E-state index in [1.165, 1.54) is 0 Å². The van der Waals surface area contributed by atoms with Gasteiger partial charge in [0.2, 0.25) is 11.8 Å². The van der Waals surface area contributed by atoms with Crippen molar-refractivity contribution < 1.29 is 9.59 Å². The van der Waals surface area contributed by atoms with Crippen molar-refractivity contribution in [2.75, 3.05) is 6.54 Å². The van der Waals surface area contributed by atoms with Crippen LogP contribution >= 0.6 is 46.4 Å². The molecular formula is C23H26Cl4N2O2. The van der Waals surface area contributed by atoms with Crippen LogP contribution in [-0.4, -0.2) is 29.3 Å². The van der Waals surface area contributed by atoms with E-state index in [0.29, 0.717) is 44.5 Å². The largest absolute Gasteiger partial charge is 0.354 e. The summed E-state index contributed by atoms with van der Waals surface area (Å²) in [6.07, 6.45) is 0.511. The molecule has 1 atom stereocenters. The van der Waals surface area contributed by atoms with Crippen molar-refractivity contribution in [2.24, 2.45) is 5.92 Å². The number of nitrogens with one attached hydrogen (secondary N) is 1. The van der Waals surface area contributed by atoms with Crippen LogP contribution in [0.1, 0.15) is 38.3 Å². The highest BCUT2D eigenvalue weighted by Crippen LogP contribution is 2.26. The summed E-state index contributed by atoms with van der Waals surface area (Å²) in [6, 6.07) is 9.55. The van der Waals surface area contributed by atoms with Crippen LogP contribution in [0.3, 0.4) is 0 Å². The fourth-order valence-corrected chi connectivity index (χ4v) is 3.90. The Kier molecular flexibility index (Phi) is 9.95. The zero-order valence-electron chi connectivity index (χ0n) is 17.7. The number of halogens is 4. The second kappa shape index (κ2) is 12.0. The van der Waals surface area contributed by atoms with E-state index in [0.717, 1.165) is 5.56 Å². The standard InChI is InChI=1S/C23H26Cl4N2O2/c1-4-21(23(31)28-12-14(2)3)29(13-15-5-8-18(25)20(27)9-15)22(30)10-16-6-7-17(24)11-19(16)26/h5-9,11,14,21H,4,10,12-13H2,1-3H3,(H,28,31)/t21-/m1/s1. The molecule has 2 rings (SSSR count). The molecule has 0 unspecified atom stereocenters. The minimum Gasteiger partial charge on any atom is -0.354 e. The zero-order chi connectivity index (χ0) is 23.1. The quantitative estimate of drug-likeness (QED) is 0.429. The molecule has 0 aliphatic rings. The molecule has 0 saturated heterocycles. The van der Waals surface area contributed by atoms with Gasteiger partial charge < -0.3 is 10.2 Å². The first-order valence-electron chi connectivity index (χ1n) is 10.1. The van der Waals surface area contributed by atoms with Crippen molar-refractivity contribution in [2.45, 2.75) is 46.2 Å². The topological polar surface area (TPSA) is 49.4 Å². The summed E-state index contributed by atoms with van der Waals surface area (Å²) >= 11 is 24.4. The molecule has 0 aliphatic heterocycles. The number of carbonyl (C=O) groups is 2. The molecule has 0 radical (unpaired) electrons. The van der Waals surface area contributed by atoms with Gasteiger partial charge in [0.05, 0.1) is 16.5 Å². The lowest BCUT2D eigenvalue weighted by Gasteiger charge is -2.31. The van der Waals surface area contributed by atoms with Gasteiger partial charge >= 0.3 is 0 Å². The molecule has 0 fully saturated rings. The number of hydrogen-bond acceptors (Lipinski definition) is 2. The van der Waals surface area contributed by atoms with Crippen molar-refractivity contribution in [1.82, 2.24) is 10.2 Å². The number of nitrogens with zero attached hydrogens (tertiary/aromatic N) is 1. The molecule has 8 heteroatoms. The lowest BCUT2D eigenvalue weighted by Crippen LogP contribution is -2.50. The van der Waals surface area contributed by atoms with Gasteiger partial charge in [0.15, 0.2) is 0 Å². The summed E-state index contributed by atoms with van der Waals surface area (Å²) < 4.78 is 0. The third-order valence-electron chi connectivity index (χ3n) is 4.76. The maximum Gasteiger partial charge on any atom is 0.242 e. The molecule has 31 heavy (non-hydrogen) atoms. The Morgan fingerprint density at radius 2 is 1.68 bits per heavy atom. The molecule has 2 aromatic carbocycles. The summed E-state index contributed by atoms with van der Waals surface area (Å²) in [7, 11) is 0. The Hall–Kier alpha value is -1.46. The van der Waals surface area contributed by atoms with Crippen LogP contribution in [0.4, 0.5) is 0 Å². The van der Waals surface area contributed by atoms with E-state index in [2.05, 4.69) is 5.32 Å². The van der Waals surface area contributed by atoms with Crippen LogP contribution in [-0.2, 0) is 22.6 Å². The van der Waals surface area contributed by atoms with Crippen molar-refractivity contribution in [3.8, 4) is 0 Å². The number of rotatable bonds is 9. The average Bonchev–Trinajstić information content (AvgIpc) is 2.70. The SMILES string of the molecule is CC[C@H](C(=O)NCC(C)C)N(Cc1ccc(Cl)c(Cl)c1)C(=O)Cc1ccc(Cl)cc1Cl. The van der Waals surface area contributed by atoms with E-state index in [1.807, 2.05) is 20.8 Å². The predicted molar refractivity (Wildman–Crippen MR) is 129 cm³/mol. The second-order valence-corrected chi connectivity index (χ2v) is 9.40. The Morgan fingerprint density at radius 3 is 2.26 bits per heavy atom. The number of amides is 2. The summed E-state index contributed by atoms with van der Waals surface area (Å²) in [6.45, 7) is 6.66. The van der Waals surface area contributed by atoms with E-state index in [4.69, 9.17) is 46.4 Å². The molecule has 2 amide bonds. The van der Waals surface area contributed by atoms with Crippen molar-refractivity contribution >= 4 is 58.2 Å². The second-order valence-electron chi connectivity index (χ2n) is 7.75. The highest BCUT2D eigenvalue weighted by molar-refractivity contribution is 6.42. The Morgan fingerprint density at radius 1 is 0.968 bits per heavy atom. The first kappa shape index (κ1) is 25.8. The first-order chi connectivity index (χ1) is 14.6. The predicted octanol–water partition coefficient (Wildman–Crippen LogP) is 6.42. The van der Waals surface area contributed by atoms with Gasteiger partial charge in [-0.1, -0.05) is 79.3 Å². The molecule has 4 nitrogen and oxygen atoms in total.